The molecule has 3 aromatic rings. The van der Waals surface area contributed by atoms with E-state index in [-0.39, 0.29) is 0 Å². The van der Waals surface area contributed by atoms with Gasteiger partial charge in [0.05, 0.1) is 23.4 Å². The number of benzene rings is 1. The predicted octanol–water partition coefficient (Wildman–Crippen LogP) is 3.70. The smallest absolute Gasteiger partial charge is 0.337 e. The van der Waals surface area contributed by atoms with E-state index < -0.39 is 5.97 Å². The Kier molecular flexibility index (Phi) is 4.80. The van der Waals surface area contributed by atoms with Gasteiger partial charge in [0.2, 0.25) is 5.95 Å². The van der Waals surface area contributed by atoms with Crippen molar-refractivity contribution in [3.05, 3.63) is 52.9 Å². The van der Waals surface area contributed by atoms with Crippen molar-refractivity contribution < 1.29 is 14.1 Å². The van der Waals surface area contributed by atoms with Crippen molar-refractivity contribution in [2.24, 2.45) is 0 Å². The number of hydrogen-bond acceptors (Lipinski definition) is 8. The third-order valence-corrected chi connectivity index (χ3v) is 3.50. The average molecular weight is 360 g/mol. The van der Waals surface area contributed by atoms with Crippen LogP contribution in [-0.2, 0) is 4.74 Å². The van der Waals surface area contributed by atoms with E-state index in [1.54, 1.807) is 43.5 Å². The molecule has 2 heterocycles. The molecule has 0 saturated heterocycles. The van der Waals surface area contributed by atoms with Crippen LogP contribution in [0.15, 0.2) is 41.1 Å². The number of ether oxygens (including phenoxy) is 1. The molecule has 3 rings (SSSR count). The Hall–Kier alpha value is -3.13. The Balaban J connectivity index is 1.81. The van der Waals surface area contributed by atoms with Crippen LogP contribution in [0.4, 0.5) is 23.3 Å². The standard InChI is InChI=1S/C16H14ClN5O3/c1-9-7-14(22-25-9)21-16-18-6-5-13(20-16)19-12-8-10(15(23)24-2)3-4-11(12)17/h3-8H,1-2H3,(H2,18,19,20,21,22). The summed E-state index contributed by atoms with van der Waals surface area (Å²) in [6, 6.07) is 8.17. The van der Waals surface area contributed by atoms with E-state index in [4.69, 9.17) is 20.9 Å². The number of hydrogen-bond donors (Lipinski definition) is 2. The first-order chi connectivity index (χ1) is 12.0. The van der Waals surface area contributed by atoms with E-state index in [0.717, 1.165) is 0 Å². The summed E-state index contributed by atoms with van der Waals surface area (Å²) in [5, 5.41) is 10.2. The molecule has 0 amide bonds. The fourth-order valence-corrected chi connectivity index (χ4v) is 2.20. The molecule has 128 valence electrons. The molecule has 0 aliphatic carbocycles. The molecule has 8 nitrogen and oxygen atoms in total. The molecule has 0 aliphatic rings. The van der Waals surface area contributed by atoms with Crippen LogP contribution in [0.25, 0.3) is 0 Å². The second-order valence-corrected chi connectivity index (χ2v) is 5.43. The number of aryl methyl sites for hydroxylation is 1. The minimum absolute atomic E-state index is 0.332. The summed E-state index contributed by atoms with van der Waals surface area (Å²) in [5.41, 5.74) is 0.895. The molecule has 9 heteroatoms. The highest BCUT2D eigenvalue weighted by Gasteiger charge is 2.10. The Labute approximate surface area is 148 Å². The quantitative estimate of drug-likeness (QED) is 0.665. The summed E-state index contributed by atoms with van der Waals surface area (Å²) in [5.74, 6) is 1.54. The van der Waals surface area contributed by atoms with Crippen LogP contribution < -0.4 is 10.6 Å². The highest BCUT2D eigenvalue weighted by atomic mass is 35.5. The lowest BCUT2D eigenvalue weighted by atomic mass is 10.2. The minimum Gasteiger partial charge on any atom is -0.465 e. The van der Waals surface area contributed by atoms with Gasteiger partial charge < -0.3 is 19.9 Å². The lowest BCUT2D eigenvalue weighted by molar-refractivity contribution is 0.0601. The van der Waals surface area contributed by atoms with Gasteiger partial charge in [-0.15, -0.1) is 0 Å². The largest absolute Gasteiger partial charge is 0.465 e. The SMILES string of the molecule is COC(=O)c1ccc(Cl)c(Nc2ccnc(Nc3cc(C)on3)n2)c1. The van der Waals surface area contributed by atoms with Gasteiger partial charge in [-0.1, -0.05) is 16.8 Å². The molecule has 0 radical (unpaired) electrons. The lowest BCUT2D eigenvalue weighted by Gasteiger charge is -2.10. The molecule has 0 unspecified atom stereocenters. The van der Waals surface area contributed by atoms with Gasteiger partial charge in [-0.25, -0.2) is 9.78 Å². The number of methoxy groups -OCH3 is 1. The normalized spacial score (nSPS) is 10.4. The van der Waals surface area contributed by atoms with Gasteiger partial charge in [0.15, 0.2) is 5.82 Å². The number of carbonyl (C=O) groups excluding carboxylic acids is 1. The van der Waals surface area contributed by atoms with Gasteiger partial charge in [-0.05, 0) is 31.2 Å². The zero-order valence-corrected chi connectivity index (χ0v) is 14.2. The van der Waals surface area contributed by atoms with Crippen molar-refractivity contribution in [2.75, 3.05) is 17.7 Å². The van der Waals surface area contributed by atoms with Gasteiger partial charge in [-0.2, -0.15) is 4.98 Å². The third-order valence-electron chi connectivity index (χ3n) is 3.17. The highest BCUT2D eigenvalue weighted by Crippen LogP contribution is 2.26. The van der Waals surface area contributed by atoms with Crippen molar-refractivity contribution in [3.8, 4) is 0 Å². The van der Waals surface area contributed by atoms with E-state index in [2.05, 4.69) is 25.8 Å². The van der Waals surface area contributed by atoms with Crippen LogP contribution in [0.3, 0.4) is 0 Å². The fraction of sp³-hybridized carbons (Fsp3) is 0.125. The summed E-state index contributed by atoms with van der Waals surface area (Å²) in [6.45, 7) is 1.79. The maximum atomic E-state index is 11.6. The van der Waals surface area contributed by atoms with Crippen LogP contribution in [0.5, 0.6) is 0 Å². The van der Waals surface area contributed by atoms with E-state index in [9.17, 15) is 4.79 Å². The first kappa shape index (κ1) is 16.7. The van der Waals surface area contributed by atoms with Crippen LogP contribution in [-0.4, -0.2) is 28.2 Å². The molecule has 0 fully saturated rings. The molecule has 25 heavy (non-hydrogen) atoms. The highest BCUT2D eigenvalue weighted by molar-refractivity contribution is 6.33. The number of rotatable bonds is 5. The molecule has 2 aromatic heterocycles. The second kappa shape index (κ2) is 7.18. The summed E-state index contributed by atoms with van der Waals surface area (Å²) in [6.07, 6.45) is 1.57. The predicted molar refractivity (Wildman–Crippen MR) is 92.6 cm³/mol. The average Bonchev–Trinajstić information content (AvgIpc) is 3.01. The molecule has 0 aliphatic heterocycles. The number of nitrogens with one attached hydrogen (secondary N) is 2. The maximum absolute atomic E-state index is 11.6. The third kappa shape index (κ3) is 4.04. The van der Waals surface area contributed by atoms with Gasteiger partial charge in [0.1, 0.15) is 11.6 Å². The fourth-order valence-electron chi connectivity index (χ4n) is 2.03. The van der Waals surface area contributed by atoms with Crippen molar-refractivity contribution in [3.63, 3.8) is 0 Å². The summed E-state index contributed by atoms with van der Waals surface area (Å²) in [4.78, 5) is 20.1. The van der Waals surface area contributed by atoms with Gasteiger partial charge in [0, 0.05) is 12.3 Å². The van der Waals surface area contributed by atoms with Gasteiger partial charge in [0.25, 0.3) is 0 Å². The summed E-state index contributed by atoms with van der Waals surface area (Å²) in [7, 11) is 1.32. The zero-order chi connectivity index (χ0) is 17.8. The number of anilines is 4. The Morgan fingerprint density at radius 1 is 1.20 bits per heavy atom. The summed E-state index contributed by atoms with van der Waals surface area (Å²) < 4.78 is 9.69. The van der Waals surface area contributed by atoms with Gasteiger partial charge >= 0.3 is 5.97 Å². The number of esters is 1. The first-order valence-corrected chi connectivity index (χ1v) is 7.61. The van der Waals surface area contributed by atoms with Crippen molar-refractivity contribution in [1.82, 2.24) is 15.1 Å². The molecule has 0 spiro atoms. The van der Waals surface area contributed by atoms with Crippen molar-refractivity contribution in [2.45, 2.75) is 6.92 Å². The second-order valence-electron chi connectivity index (χ2n) is 5.02. The van der Waals surface area contributed by atoms with E-state index in [1.165, 1.54) is 7.11 Å². The molecular formula is C16H14ClN5O3. The van der Waals surface area contributed by atoms with Crippen molar-refractivity contribution in [1.29, 1.82) is 0 Å². The van der Waals surface area contributed by atoms with E-state index in [0.29, 0.717) is 39.6 Å². The number of aromatic nitrogens is 3. The molecule has 2 N–H and O–H groups in total. The molecular weight excluding hydrogens is 346 g/mol. The molecule has 0 atom stereocenters. The van der Waals surface area contributed by atoms with Crippen LogP contribution in [0.2, 0.25) is 5.02 Å². The first-order valence-electron chi connectivity index (χ1n) is 7.23. The summed E-state index contributed by atoms with van der Waals surface area (Å²) >= 11 is 6.17. The van der Waals surface area contributed by atoms with Crippen LogP contribution >= 0.6 is 11.6 Å². The lowest BCUT2D eigenvalue weighted by Crippen LogP contribution is -2.04. The van der Waals surface area contributed by atoms with E-state index >= 15 is 0 Å². The van der Waals surface area contributed by atoms with E-state index in [1.807, 2.05) is 0 Å². The minimum atomic E-state index is -0.453. The number of halogens is 1. The van der Waals surface area contributed by atoms with Crippen molar-refractivity contribution >= 4 is 40.8 Å². The maximum Gasteiger partial charge on any atom is 0.337 e. The molecule has 1 aromatic carbocycles. The topological polar surface area (TPSA) is 102 Å². The monoisotopic (exact) mass is 359 g/mol. The molecule has 0 saturated carbocycles. The van der Waals surface area contributed by atoms with Crippen LogP contribution in [0.1, 0.15) is 16.1 Å². The number of nitrogens with zero attached hydrogens (tertiary/aromatic N) is 3. The Bertz CT molecular complexity index is 912. The van der Waals surface area contributed by atoms with Crippen LogP contribution in [0, 0.1) is 6.92 Å². The van der Waals surface area contributed by atoms with Gasteiger partial charge in [-0.3, -0.25) is 0 Å². The number of carbonyl (C=O) groups is 1. The molecule has 0 bridgehead atoms. The Morgan fingerprint density at radius 2 is 2.04 bits per heavy atom. The Morgan fingerprint density at radius 3 is 2.76 bits per heavy atom. The zero-order valence-electron chi connectivity index (χ0n) is 13.4.